The number of nitrogens with zero attached hydrogens (tertiary/aromatic N) is 2. The highest BCUT2D eigenvalue weighted by Gasteiger charge is 2.43. The molecule has 1 aromatic carbocycles. The number of amides is 2. The molecule has 2 amide bonds. The summed E-state index contributed by atoms with van der Waals surface area (Å²) in [5, 5.41) is 0. The predicted octanol–water partition coefficient (Wildman–Crippen LogP) is 4.83. The number of hydrogen-bond acceptors (Lipinski definition) is 3. The molecule has 1 heterocycles. The molecular weight excluding hydrogens is 378 g/mol. The van der Waals surface area contributed by atoms with Gasteiger partial charge < -0.3 is 14.5 Å². The lowest BCUT2D eigenvalue weighted by molar-refractivity contribution is -0.115. The summed E-state index contributed by atoms with van der Waals surface area (Å²) >= 11 is 0. The van der Waals surface area contributed by atoms with Crippen molar-refractivity contribution in [2.75, 3.05) is 18.0 Å². The van der Waals surface area contributed by atoms with Crippen molar-refractivity contribution >= 4 is 17.7 Å². The summed E-state index contributed by atoms with van der Waals surface area (Å²) in [4.78, 5) is 28.2. The van der Waals surface area contributed by atoms with Gasteiger partial charge in [0.05, 0.1) is 5.54 Å². The number of piperidine rings is 1. The van der Waals surface area contributed by atoms with E-state index in [4.69, 9.17) is 4.74 Å². The summed E-state index contributed by atoms with van der Waals surface area (Å²) in [7, 11) is 0. The van der Waals surface area contributed by atoms with E-state index in [2.05, 4.69) is 13.2 Å². The Balaban J connectivity index is 2.35. The van der Waals surface area contributed by atoms with Gasteiger partial charge in [0.2, 0.25) is 0 Å². The summed E-state index contributed by atoms with van der Waals surface area (Å²) in [6.07, 6.45) is 3.69. The highest BCUT2D eigenvalue weighted by Crippen LogP contribution is 2.37. The highest BCUT2D eigenvalue weighted by molar-refractivity contribution is 6.02. The molecule has 1 aromatic rings. The molecule has 1 aliphatic heterocycles. The number of benzene rings is 1. The number of hydrogen-bond donors (Lipinski definition) is 0. The fourth-order valence-corrected chi connectivity index (χ4v) is 3.57. The van der Waals surface area contributed by atoms with Crippen LogP contribution in [0.5, 0.6) is 0 Å². The minimum atomic E-state index is -1.04. The van der Waals surface area contributed by atoms with E-state index in [1.807, 2.05) is 0 Å². The fraction of sp³-hybridized carbons (Fsp3) is 0.455. The molecule has 0 bridgehead atoms. The van der Waals surface area contributed by atoms with Crippen LogP contribution < -0.4 is 4.90 Å². The third kappa shape index (κ3) is 5.22. The van der Waals surface area contributed by atoms with Crippen LogP contribution in [-0.2, 0) is 9.53 Å². The molecule has 5 nitrogen and oxygen atoms in total. The largest absolute Gasteiger partial charge is 0.444 e. The normalized spacial score (nSPS) is 16.1. The molecule has 158 valence electrons. The standard InChI is InChI=1S/C22H28F2N2O3/c1-6-10-22(11-13-25(14-12-22)20(28)29-21(3,4)5)26(19(27)7-2)16-8-9-17(23)18(24)15-16/h6-9,15H,1-2,10-14H2,3-5H3. The van der Waals surface area contributed by atoms with Crippen LogP contribution in [0.1, 0.15) is 40.0 Å². The summed E-state index contributed by atoms with van der Waals surface area (Å²) < 4.78 is 32.7. The van der Waals surface area contributed by atoms with E-state index in [1.54, 1.807) is 31.7 Å². The Labute approximate surface area is 170 Å². The first-order valence-electron chi connectivity index (χ1n) is 9.53. The number of likely N-dealkylation sites (tertiary alicyclic amines) is 1. The molecule has 0 radical (unpaired) electrons. The minimum Gasteiger partial charge on any atom is -0.444 e. The van der Waals surface area contributed by atoms with Gasteiger partial charge in [0.15, 0.2) is 11.6 Å². The Bertz CT molecular complexity index is 794. The summed E-state index contributed by atoms with van der Waals surface area (Å²) in [5.74, 6) is -2.45. The Morgan fingerprint density at radius 1 is 1.21 bits per heavy atom. The molecule has 0 spiro atoms. The molecule has 29 heavy (non-hydrogen) atoms. The third-order valence-corrected chi connectivity index (χ3v) is 4.90. The average Bonchev–Trinajstić information content (AvgIpc) is 2.64. The van der Waals surface area contributed by atoms with E-state index >= 15 is 0 Å². The van der Waals surface area contributed by atoms with Crippen molar-refractivity contribution in [3.8, 4) is 0 Å². The summed E-state index contributed by atoms with van der Waals surface area (Å²) in [5.41, 5.74) is -1.11. The van der Waals surface area contributed by atoms with Crippen LogP contribution in [-0.4, -0.2) is 41.1 Å². The Morgan fingerprint density at radius 3 is 2.31 bits per heavy atom. The maximum atomic E-state index is 13.9. The first-order valence-corrected chi connectivity index (χ1v) is 9.53. The van der Waals surface area contributed by atoms with Crippen molar-refractivity contribution in [3.63, 3.8) is 0 Å². The zero-order chi connectivity index (χ0) is 21.8. The van der Waals surface area contributed by atoms with E-state index in [0.717, 1.165) is 18.2 Å². The van der Waals surface area contributed by atoms with Crippen molar-refractivity contribution in [2.45, 2.75) is 51.2 Å². The molecule has 7 heteroatoms. The smallest absolute Gasteiger partial charge is 0.410 e. The molecular formula is C22H28F2N2O3. The lowest BCUT2D eigenvalue weighted by Crippen LogP contribution is -2.58. The highest BCUT2D eigenvalue weighted by atomic mass is 19.2. The van der Waals surface area contributed by atoms with Crippen LogP contribution in [0.15, 0.2) is 43.5 Å². The van der Waals surface area contributed by atoms with Crippen LogP contribution in [0.25, 0.3) is 0 Å². The Kier molecular flexibility index (Phi) is 6.82. The number of rotatable bonds is 5. The van der Waals surface area contributed by atoms with E-state index in [-0.39, 0.29) is 5.69 Å². The van der Waals surface area contributed by atoms with E-state index in [9.17, 15) is 18.4 Å². The second-order valence-electron chi connectivity index (χ2n) is 8.16. The van der Waals surface area contributed by atoms with Crippen molar-refractivity contribution in [1.82, 2.24) is 4.90 Å². The molecule has 0 N–H and O–H groups in total. The van der Waals surface area contributed by atoms with Gasteiger partial charge in [-0.2, -0.15) is 0 Å². The van der Waals surface area contributed by atoms with Gasteiger partial charge in [0.1, 0.15) is 5.60 Å². The molecule has 0 saturated carbocycles. The van der Waals surface area contributed by atoms with Gasteiger partial charge in [-0.1, -0.05) is 12.7 Å². The monoisotopic (exact) mass is 406 g/mol. The first-order chi connectivity index (χ1) is 13.5. The zero-order valence-electron chi connectivity index (χ0n) is 17.2. The number of carbonyl (C=O) groups is 2. The van der Waals surface area contributed by atoms with Gasteiger partial charge in [0, 0.05) is 24.8 Å². The average molecular weight is 406 g/mol. The second-order valence-corrected chi connectivity index (χ2v) is 8.16. The van der Waals surface area contributed by atoms with E-state index in [0.29, 0.717) is 32.4 Å². The molecule has 2 rings (SSSR count). The van der Waals surface area contributed by atoms with Gasteiger partial charge in [-0.25, -0.2) is 13.6 Å². The number of halogens is 2. The Hall–Kier alpha value is -2.70. The van der Waals surface area contributed by atoms with Crippen molar-refractivity contribution in [2.24, 2.45) is 0 Å². The van der Waals surface area contributed by atoms with Crippen molar-refractivity contribution in [1.29, 1.82) is 0 Å². The maximum absolute atomic E-state index is 13.9. The molecule has 1 fully saturated rings. The van der Waals surface area contributed by atoms with Gasteiger partial charge in [-0.15, -0.1) is 6.58 Å². The zero-order valence-corrected chi connectivity index (χ0v) is 17.2. The van der Waals surface area contributed by atoms with Crippen LogP contribution in [0.3, 0.4) is 0 Å². The summed E-state index contributed by atoms with van der Waals surface area (Å²) in [6, 6.07) is 3.36. The molecule has 1 aliphatic rings. The number of ether oxygens (including phenoxy) is 1. The number of anilines is 1. The first kappa shape index (κ1) is 22.6. The van der Waals surface area contributed by atoms with Crippen LogP contribution in [0, 0.1) is 11.6 Å². The van der Waals surface area contributed by atoms with Crippen LogP contribution in [0.4, 0.5) is 19.3 Å². The maximum Gasteiger partial charge on any atom is 0.410 e. The van der Waals surface area contributed by atoms with Crippen LogP contribution >= 0.6 is 0 Å². The van der Waals surface area contributed by atoms with Gasteiger partial charge in [0.25, 0.3) is 5.91 Å². The predicted molar refractivity (Wildman–Crippen MR) is 109 cm³/mol. The molecule has 0 aromatic heterocycles. The van der Waals surface area contributed by atoms with E-state index < -0.39 is 34.8 Å². The molecule has 0 unspecified atom stereocenters. The van der Waals surface area contributed by atoms with Gasteiger partial charge >= 0.3 is 6.09 Å². The SMILES string of the molecule is C=CCC1(N(C(=O)C=C)c2ccc(F)c(F)c2)CCN(C(=O)OC(C)(C)C)CC1. The molecule has 0 atom stereocenters. The van der Waals surface area contributed by atoms with Crippen molar-refractivity contribution in [3.05, 3.63) is 55.1 Å². The summed E-state index contributed by atoms with van der Waals surface area (Å²) in [6.45, 7) is 13.4. The Morgan fingerprint density at radius 2 is 1.83 bits per heavy atom. The molecule has 0 aliphatic carbocycles. The third-order valence-electron chi connectivity index (χ3n) is 4.90. The number of carbonyl (C=O) groups excluding carboxylic acids is 2. The van der Waals surface area contributed by atoms with Gasteiger partial charge in [-0.3, -0.25) is 4.79 Å². The van der Waals surface area contributed by atoms with Crippen LogP contribution in [0.2, 0.25) is 0 Å². The lowest BCUT2D eigenvalue weighted by Gasteiger charge is -2.48. The molecule has 1 saturated heterocycles. The quantitative estimate of drug-likeness (QED) is 0.520. The lowest BCUT2D eigenvalue weighted by atomic mass is 9.82. The fourth-order valence-electron chi connectivity index (χ4n) is 3.57. The minimum absolute atomic E-state index is 0.237. The van der Waals surface area contributed by atoms with Crippen molar-refractivity contribution < 1.29 is 23.1 Å². The van der Waals surface area contributed by atoms with Gasteiger partial charge in [-0.05, 0) is 58.2 Å². The second kappa shape index (κ2) is 8.76. The topological polar surface area (TPSA) is 49.9 Å². The van der Waals surface area contributed by atoms with E-state index in [1.165, 1.54) is 11.0 Å².